The molecule has 3 rings (SSSR count). The van der Waals surface area contributed by atoms with Gasteiger partial charge in [0.15, 0.2) is 5.16 Å². The second-order valence-corrected chi connectivity index (χ2v) is 8.19. The van der Waals surface area contributed by atoms with Crippen LogP contribution in [-0.2, 0) is 17.8 Å². The molecule has 0 fully saturated rings. The Morgan fingerprint density at radius 1 is 1.19 bits per heavy atom. The highest BCUT2D eigenvalue weighted by Crippen LogP contribution is 2.37. The molecule has 21 heavy (non-hydrogen) atoms. The molecule has 1 aliphatic heterocycles. The standard InChI is InChI=1S/C15H21N3OS2/c1-5-20-13-11-9-7-15(3,4)19-8-10(9)16-12(11)17-14(18-13)21-6-2/h5-8H2,1-4H3,(H,16,17,18). The first-order valence-electron chi connectivity index (χ1n) is 7.35. The summed E-state index contributed by atoms with van der Waals surface area (Å²) in [5, 5.41) is 3.17. The van der Waals surface area contributed by atoms with Gasteiger partial charge in [0.1, 0.15) is 10.7 Å². The fraction of sp³-hybridized carbons (Fsp3) is 0.600. The first-order valence-corrected chi connectivity index (χ1v) is 9.32. The Hall–Kier alpha value is -0.720. The van der Waals surface area contributed by atoms with E-state index in [1.165, 1.54) is 10.9 Å². The quantitative estimate of drug-likeness (QED) is 0.523. The van der Waals surface area contributed by atoms with Crippen molar-refractivity contribution >= 4 is 34.6 Å². The Kier molecular flexibility index (Phi) is 4.21. The van der Waals surface area contributed by atoms with Gasteiger partial charge < -0.3 is 9.72 Å². The third-order valence-electron chi connectivity index (χ3n) is 3.55. The highest BCUT2D eigenvalue weighted by molar-refractivity contribution is 7.99. The van der Waals surface area contributed by atoms with Crippen molar-refractivity contribution in [2.75, 3.05) is 11.5 Å². The summed E-state index contributed by atoms with van der Waals surface area (Å²) >= 11 is 3.49. The molecule has 0 atom stereocenters. The summed E-state index contributed by atoms with van der Waals surface area (Å²) in [5.74, 6) is 2.00. The number of aromatic amines is 1. The number of fused-ring (bicyclic) bond motifs is 3. The second kappa shape index (κ2) is 5.82. The zero-order valence-corrected chi connectivity index (χ0v) is 14.6. The zero-order valence-electron chi connectivity index (χ0n) is 12.9. The van der Waals surface area contributed by atoms with E-state index in [-0.39, 0.29) is 5.60 Å². The van der Waals surface area contributed by atoms with Crippen molar-refractivity contribution in [3.8, 4) is 0 Å². The molecule has 114 valence electrons. The molecule has 0 unspecified atom stereocenters. The normalized spacial score (nSPS) is 17.1. The van der Waals surface area contributed by atoms with Crippen LogP contribution in [0.5, 0.6) is 0 Å². The fourth-order valence-electron chi connectivity index (χ4n) is 2.65. The second-order valence-electron chi connectivity index (χ2n) is 5.71. The van der Waals surface area contributed by atoms with Crippen LogP contribution < -0.4 is 0 Å². The highest BCUT2D eigenvalue weighted by Gasteiger charge is 2.30. The van der Waals surface area contributed by atoms with Crippen molar-refractivity contribution in [1.82, 2.24) is 15.0 Å². The molecule has 0 radical (unpaired) electrons. The first kappa shape index (κ1) is 15.2. The van der Waals surface area contributed by atoms with Crippen LogP contribution in [0.4, 0.5) is 0 Å². The van der Waals surface area contributed by atoms with Crippen molar-refractivity contribution in [3.05, 3.63) is 11.3 Å². The lowest BCUT2D eigenvalue weighted by atomic mass is 9.94. The predicted octanol–water partition coefficient (Wildman–Crippen LogP) is 4.03. The summed E-state index contributed by atoms with van der Waals surface area (Å²) in [4.78, 5) is 12.9. The Labute approximate surface area is 133 Å². The van der Waals surface area contributed by atoms with E-state index in [0.717, 1.165) is 39.5 Å². The zero-order chi connectivity index (χ0) is 15.0. The topological polar surface area (TPSA) is 50.8 Å². The lowest BCUT2D eigenvalue weighted by molar-refractivity contribution is -0.0410. The third kappa shape index (κ3) is 2.94. The van der Waals surface area contributed by atoms with E-state index < -0.39 is 0 Å². The Bertz CT molecular complexity index is 666. The number of thioether (sulfide) groups is 2. The number of rotatable bonds is 4. The molecule has 0 saturated carbocycles. The molecule has 0 bridgehead atoms. The maximum atomic E-state index is 5.91. The van der Waals surface area contributed by atoms with Crippen LogP contribution in [0, 0.1) is 0 Å². The van der Waals surface area contributed by atoms with E-state index >= 15 is 0 Å². The summed E-state index contributed by atoms with van der Waals surface area (Å²) < 4.78 is 5.91. The molecule has 3 heterocycles. The van der Waals surface area contributed by atoms with Gasteiger partial charge >= 0.3 is 0 Å². The number of aromatic nitrogens is 3. The van der Waals surface area contributed by atoms with Crippen molar-refractivity contribution in [2.24, 2.45) is 0 Å². The van der Waals surface area contributed by atoms with Crippen LogP contribution in [-0.4, -0.2) is 32.1 Å². The minimum absolute atomic E-state index is 0.118. The maximum Gasteiger partial charge on any atom is 0.190 e. The number of nitrogens with zero attached hydrogens (tertiary/aromatic N) is 2. The van der Waals surface area contributed by atoms with Crippen molar-refractivity contribution < 1.29 is 4.74 Å². The average molecular weight is 323 g/mol. The fourth-order valence-corrected chi connectivity index (χ4v) is 4.07. The van der Waals surface area contributed by atoms with E-state index in [1.54, 1.807) is 23.5 Å². The number of ether oxygens (including phenoxy) is 1. The summed E-state index contributed by atoms with van der Waals surface area (Å²) in [7, 11) is 0. The van der Waals surface area contributed by atoms with Crippen LogP contribution in [0.2, 0.25) is 0 Å². The Balaban J connectivity index is 2.17. The van der Waals surface area contributed by atoms with E-state index in [2.05, 4.69) is 37.7 Å². The van der Waals surface area contributed by atoms with Gasteiger partial charge in [0.2, 0.25) is 0 Å². The first-order chi connectivity index (χ1) is 10.0. The van der Waals surface area contributed by atoms with E-state index in [1.807, 2.05) is 0 Å². The molecular formula is C15H21N3OS2. The maximum absolute atomic E-state index is 5.91. The SMILES string of the molecule is CCSc1nc(SCC)c2c3c([nH]c2n1)COC(C)(C)C3. The average Bonchev–Trinajstić information content (AvgIpc) is 2.76. The smallest absolute Gasteiger partial charge is 0.190 e. The van der Waals surface area contributed by atoms with Gasteiger partial charge in [0, 0.05) is 12.1 Å². The van der Waals surface area contributed by atoms with Crippen molar-refractivity contribution in [3.63, 3.8) is 0 Å². The minimum atomic E-state index is -0.118. The molecule has 0 aliphatic carbocycles. The lowest BCUT2D eigenvalue weighted by Gasteiger charge is -2.30. The van der Waals surface area contributed by atoms with E-state index in [9.17, 15) is 0 Å². The van der Waals surface area contributed by atoms with Crippen molar-refractivity contribution in [1.29, 1.82) is 0 Å². The summed E-state index contributed by atoms with van der Waals surface area (Å²) in [6, 6.07) is 0. The molecule has 4 nitrogen and oxygen atoms in total. The Morgan fingerprint density at radius 3 is 2.67 bits per heavy atom. The highest BCUT2D eigenvalue weighted by atomic mass is 32.2. The van der Waals surface area contributed by atoms with Gasteiger partial charge in [-0.15, -0.1) is 11.8 Å². The number of hydrogen-bond acceptors (Lipinski definition) is 5. The van der Waals surface area contributed by atoms with Gasteiger partial charge in [-0.2, -0.15) is 0 Å². The van der Waals surface area contributed by atoms with E-state index in [4.69, 9.17) is 9.72 Å². The Morgan fingerprint density at radius 2 is 1.95 bits per heavy atom. The molecule has 1 aliphatic rings. The van der Waals surface area contributed by atoms with E-state index in [0.29, 0.717) is 6.61 Å². The molecule has 2 aromatic heterocycles. The molecule has 0 spiro atoms. The van der Waals surface area contributed by atoms with Gasteiger partial charge in [0.25, 0.3) is 0 Å². The predicted molar refractivity (Wildman–Crippen MR) is 89.3 cm³/mol. The monoisotopic (exact) mass is 323 g/mol. The van der Waals surface area contributed by atoms with Gasteiger partial charge in [-0.1, -0.05) is 25.6 Å². The molecule has 0 saturated heterocycles. The van der Waals surface area contributed by atoms with Crippen LogP contribution in [0.25, 0.3) is 11.0 Å². The lowest BCUT2D eigenvalue weighted by Crippen LogP contribution is -2.31. The largest absolute Gasteiger partial charge is 0.369 e. The van der Waals surface area contributed by atoms with Crippen LogP contribution >= 0.6 is 23.5 Å². The van der Waals surface area contributed by atoms with Gasteiger partial charge in [-0.25, -0.2) is 9.97 Å². The van der Waals surface area contributed by atoms with Crippen LogP contribution in [0.3, 0.4) is 0 Å². The van der Waals surface area contributed by atoms with Crippen LogP contribution in [0.15, 0.2) is 10.2 Å². The van der Waals surface area contributed by atoms with Crippen molar-refractivity contribution in [2.45, 2.75) is 56.5 Å². The van der Waals surface area contributed by atoms with Gasteiger partial charge in [-0.05, 0) is 30.9 Å². The summed E-state index contributed by atoms with van der Waals surface area (Å²) in [5.41, 5.74) is 3.34. The molecular weight excluding hydrogens is 302 g/mol. The molecule has 0 amide bonds. The van der Waals surface area contributed by atoms with Crippen LogP contribution in [0.1, 0.15) is 39.0 Å². The molecule has 2 aromatic rings. The summed E-state index contributed by atoms with van der Waals surface area (Å²) in [6.07, 6.45) is 0.906. The minimum Gasteiger partial charge on any atom is -0.369 e. The number of hydrogen-bond donors (Lipinski definition) is 1. The summed E-state index contributed by atoms with van der Waals surface area (Å²) in [6.45, 7) is 9.21. The number of nitrogens with one attached hydrogen (secondary N) is 1. The third-order valence-corrected chi connectivity index (χ3v) is 5.14. The molecule has 6 heteroatoms. The van der Waals surface area contributed by atoms with Gasteiger partial charge in [0.05, 0.1) is 17.6 Å². The number of H-pyrrole nitrogens is 1. The van der Waals surface area contributed by atoms with Gasteiger partial charge in [-0.3, -0.25) is 0 Å². The molecule has 1 N–H and O–H groups in total. The molecule has 0 aromatic carbocycles.